The Morgan fingerprint density at radius 3 is 2.66 bits per heavy atom. The van der Waals surface area contributed by atoms with E-state index >= 15 is 0 Å². The molecule has 1 amide bonds. The molecule has 180 valence electrons. The predicted molar refractivity (Wildman–Crippen MR) is 129 cm³/mol. The smallest absolute Gasteiger partial charge is 0.274 e. The maximum Gasteiger partial charge on any atom is 0.274 e. The zero-order valence-corrected chi connectivity index (χ0v) is 19.7. The molecule has 10 nitrogen and oxygen atoms in total. The molecule has 0 unspecified atom stereocenters. The van der Waals surface area contributed by atoms with Crippen molar-refractivity contribution in [3.05, 3.63) is 65.6 Å². The van der Waals surface area contributed by atoms with Crippen molar-refractivity contribution >= 4 is 16.5 Å². The number of ether oxygens (including phenoxy) is 1. The highest BCUT2D eigenvalue weighted by Crippen LogP contribution is 2.59. The molecule has 2 aromatic heterocycles. The summed E-state index contributed by atoms with van der Waals surface area (Å²) in [6.07, 6.45) is 0. The molecule has 0 saturated carbocycles. The largest absolute Gasteiger partial charge is 0.378 e. The molecule has 4 aromatic rings. The van der Waals surface area contributed by atoms with Crippen LogP contribution in [0.5, 0.6) is 0 Å². The van der Waals surface area contributed by atoms with E-state index in [0.29, 0.717) is 71.0 Å². The molecular formula is C24H23N5O5S. The summed E-state index contributed by atoms with van der Waals surface area (Å²) < 4.78 is 34.4. The van der Waals surface area contributed by atoms with Gasteiger partial charge in [0.1, 0.15) is 0 Å². The number of fused-ring (bicyclic) bond motifs is 3. The third-order valence-corrected chi connectivity index (χ3v) is 7.94. The summed E-state index contributed by atoms with van der Waals surface area (Å²) in [6, 6.07) is 14.6. The number of benzene rings is 2. The summed E-state index contributed by atoms with van der Waals surface area (Å²) in [4.78, 5) is 20.0. The maximum absolute atomic E-state index is 13.5. The number of carbonyl (C=O) groups is 1. The van der Waals surface area contributed by atoms with Crippen LogP contribution in [0, 0.1) is 6.92 Å². The van der Waals surface area contributed by atoms with Crippen LogP contribution < -0.4 is 0 Å². The second kappa shape index (κ2) is 8.31. The Morgan fingerprint density at radius 2 is 1.89 bits per heavy atom. The summed E-state index contributed by atoms with van der Waals surface area (Å²) >= 11 is 0. The number of aryl methyl sites for hydroxylation is 1. The molecule has 0 spiro atoms. The SMILES string of the molecule is Cc1noc(-c2cccc(-n3nc(C(=O)N4CCOCC4)c4c3-c3ccccc3S(O)(O)C4)c2)n1. The summed E-state index contributed by atoms with van der Waals surface area (Å²) in [5.41, 5.74) is 3.45. The summed E-state index contributed by atoms with van der Waals surface area (Å²) in [5.74, 6) is 0.582. The molecule has 1 saturated heterocycles. The lowest BCUT2D eigenvalue weighted by Crippen LogP contribution is -2.41. The minimum atomic E-state index is -3.14. The van der Waals surface area contributed by atoms with Crippen LogP contribution in [0.15, 0.2) is 57.9 Å². The minimum Gasteiger partial charge on any atom is -0.378 e. The van der Waals surface area contributed by atoms with E-state index in [2.05, 4.69) is 10.1 Å². The van der Waals surface area contributed by atoms with Crippen molar-refractivity contribution < 1.29 is 23.2 Å². The normalized spacial score (nSPS) is 17.5. The zero-order chi connectivity index (χ0) is 24.2. The number of amides is 1. The van der Waals surface area contributed by atoms with E-state index in [4.69, 9.17) is 14.4 Å². The van der Waals surface area contributed by atoms with Gasteiger partial charge in [-0.2, -0.15) is 20.7 Å². The number of morpholine rings is 1. The third-order valence-electron chi connectivity index (χ3n) is 6.19. The molecule has 0 bridgehead atoms. The van der Waals surface area contributed by atoms with Gasteiger partial charge < -0.3 is 14.2 Å². The molecule has 0 aliphatic carbocycles. The van der Waals surface area contributed by atoms with E-state index in [1.165, 1.54) is 0 Å². The Labute approximate surface area is 202 Å². The molecule has 6 rings (SSSR count). The van der Waals surface area contributed by atoms with Gasteiger partial charge in [0.25, 0.3) is 11.8 Å². The second-order valence-corrected chi connectivity index (χ2v) is 10.6. The summed E-state index contributed by atoms with van der Waals surface area (Å²) in [6.45, 7) is 3.58. The van der Waals surface area contributed by atoms with Crippen LogP contribution in [0.25, 0.3) is 28.4 Å². The number of aromatic nitrogens is 4. The average molecular weight is 494 g/mol. The molecule has 4 heterocycles. The fourth-order valence-corrected chi connectivity index (χ4v) is 6.19. The fourth-order valence-electron chi connectivity index (χ4n) is 4.55. The Balaban J connectivity index is 1.55. The number of carbonyl (C=O) groups excluding carboxylic acids is 1. The van der Waals surface area contributed by atoms with Crippen LogP contribution in [0.1, 0.15) is 21.9 Å². The molecular weight excluding hydrogens is 470 g/mol. The molecule has 11 heteroatoms. The van der Waals surface area contributed by atoms with Crippen LogP contribution >= 0.6 is 10.6 Å². The van der Waals surface area contributed by atoms with Gasteiger partial charge in [0.2, 0.25) is 0 Å². The van der Waals surface area contributed by atoms with Gasteiger partial charge in [-0.1, -0.05) is 29.4 Å². The quantitative estimate of drug-likeness (QED) is 0.439. The van der Waals surface area contributed by atoms with Crippen molar-refractivity contribution in [3.63, 3.8) is 0 Å². The van der Waals surface area contributed by atoms with E-state index in [1.54, 1.807) is 28.6 Å². The number of hydrogen-bond acceptors (Lipinski definition) is 8. The van der Waals surface area contributed by atoms with Gasteiger partial charge in [-0.25, -0.2) is 4.68 Å². The first-order valence-corrected chi connectivity index (χ1v) is 12.9. The monoisotopic (exact) mass is 493 g/mol. The lowest BCUT2D eigenvalue weighted by atomic mass is 10.0. The molecule has 0 radical (unpaired) electrons. The molecule has 2 aromatic carbocycles. The number of nitrogens with zero attached hydrogens (tertiary/aromatic N) is 5. The maximum atomic E-state index is 13.5. The van der Waals surface area contributed by atoms with Crippen molar-refractivity contribution in [3.8, 4) is 28.4 Å². The van der Waals surface area contributed by atoms with Crippen molar-refractivity contribution in [2.45, 2.75) is 17.6 Å². The first kappa shape index (κ1) is 22.0. The molecule has 2 aliphatic heterocycles. The van der Waals surface area contributed by atoms with Crippen LogP contribution in [-0.4, -0.2) is 66.1 Å². The van der Waals surface area contributed by atoms with E-state index in [9.17, 15) is 13.9 Å². The van der Waals surface area contributed by atoms with Gasteiger partial charge in [-0.3, -0.25) is 13.9 Å². The highest BCUT2D eigenvalue weighted by molar-refractivity contribution is 8.23. The molecule has 2 N–H and O–H groups in total. The molecule has 2 aliphatic rings. The first-order valence-electron chi connectivity index (χ1n) is 11.2. The second-order valence-electron chi connectivity index (χ2n) is 8.50. The standard InChI is InChI=1S/C24H23N5O5S/c1-15-25-23(34-27-15)16-5-4-6-17(13-16)29-22-18-7-2-3-8-20(18)35(31,32)14-19(22)21(26-29)24(30)28-9-11-33-12-10-28/h2-8,13,31-32H,9-12,14H2,1H3. The predicted octanol–water partition coefficient (Wildman–Crippen LogP) is 3.99. The summed E-state index contributed by atoms with van der Waals surface area (Å²) in [5, 5.41) is 8.62. The van der Waals surface area contributed by atoms with Gasteiger partial charge in [-0.05, 0) is 31.2 Å². The number of hydrogen-bond donors (Lipinski definition) is 2. The zero-order valence-electron chi connectivity index (χ0n) is 18.9. The van der Waals surface area contributed by atoms with Gasteiger partial charge in [0, 0.05) is 29.8 Å². The summed E-state index contributed by atoms with van der Waals surface area (Å²) in [7, 11) is -3.14. The molecule has 0 atom stereocenters. The van der Waals surface area contributed by atoms with Crippen molar-refractivity contribution in [2.24, 2.45) is 0 Å². The lowest BCUT2D eigenvalue weighted by Gasteiger charge is -2.38. The highest BCUT2D eigenvalue weighted by atomic mass is 32.3. The molecule has 1 fully saturated rings. The van der Waals surface area contributed by atoms with Crippen LogP contribution in [-0.2, 0) is 10.5 Å². The van der Waals surface area contributed by atoms with Gasteiger partial charge >= 0.3 is 0 Å². The average Bonchev–Trinajstić information content (AvgIpc) is 3.48. The van der Waals surface area contributed by atoms with E-state index < -0.39 is 10.6 Å². The highest BCUT2D eigenvalue weighted by Gasteiger charge is 2.37. The van der Waals surface area contributed by atoms with Gasteiger partial charge in [-0.15, -0.1) is 0 Å². The van der Waals surface area contributed by atoms with Gasteiger partial charge in [0.15, 0.2) is 11.5 Å². The van der Waals surface area contributed by atoms with Crippen LogP contribution in [0.4, 0.5) is 0 Å². The number of rotatable bonds is 3. The van der Waals surface area contributed by atoms with Crippen molar-refractivity contribution in [2.75, 3.05) is 26.3 Å². The fraction of sp³-hybridized carbons (Fsp3) is 0.250. The minimum absolute atomic E-state index is 0.0761. The topological polar surface area (TPSA) is 127 Å². The molecule has 35 heavy (non-hydrogen) atoms. The lowest BCUT2D eigenvalue weighted by molar-refractivity contribution is 0.0298. The van der Waals surface area contributed by atoms with E-state index in [-0.39, 0.29) is 17.4 Å². The first-order chi connectivity index (χ1) is 16.9. The van der Waals surface area contributed by atoms with Crippen molar-refractivity contribution in [1.82, 2.24) is 24.8 Å². The van der Waals surface area contributed by atoms with E-state index in [1.807, 2.05) is 36.4 Å². The Bertz CT molecular complexity index is 1440. The van der Waals surface area contributed by atoms with E-state index in [0.717, 1.165) is 0 Å². The third kappa shape index (κ3) is 3.73. The van der Waals surface area contributed by atoms with Crippen molar-refractivity contribution in [1.29, 1.82) is 0 Å². The van der Waals surface area contributed by atoms with Crippen LogP contribution in [0.3, 0.4) is 0 Å². The van der Waals surface area contributed by atoms with Crippen LogP contribution in [0.2, 0.25) is 0 Å². The Morgan fingerprint density at radius 1 is 1.09 bits per heavy atom. The van der Waals surface area contributed by atoms with Gasteiger partial charge in [0.05, 0.1) is 35.2 Å². The Kier molecular flexibility index (Phi) is 5.22. The Hall–Kier alpha value is -3.51.